The lowest BCUT2D eigenvalue weighted by atomic mass is 10.3. The number of nitrogens with one attached hydrogen (secondary N) is 1. The second-order valence-corrected chi connectivity index (χ2v) is 6.56. The van der Waals surface area contributed by atoms with Gasteiger partial charge in [0, 0.05) is 23.4 Å². The lowest BCUT2D eigenvalue weighted by molar-refractivity contribution is -0.122. The van der Waals surface area contributed by atoms with Crippen LogP contribution in [-0.4, -0.2) is 22.0 Å². The third kappa shape index (κ3) is 3.35. The first-order chi connectivity index (χ1) is 10.1. The zero-order valence-electron chi connectivity index (χ0n) is 11.8. The molecule has 21 heavy (non-hydrogen) atoms. The molecule has 3 rings (SSSR count). The summed E-state index contributed by atoms with van der Waals surface area (Å²) >= 11 is 3.42. The van der Waals surface area contributed by atoms with Gasteiger partial charge >= 0.3 is 0 Å². The van der Waals surface area contributed by atoms with Crippen molar-refractivity contribution in [2.24, 2.45) is 5.92 Å². The van der Waals surface area contributed by atoms with Crippen LogP contribution in [0.15, 0.2) is 35.3 Å². The molecule has 0 radical (unpaired) electrons. The molecule has 1 fully saturated rings. The summed E-state index contributed by atoms with van der Waals surface area (Å²) in [6.45, 7) is 5.24. The number of benzene rings is 1. The number of hydrogen-bond acceptors (Lipinski definition) is 2. The monoisotopic (exact) mass is 347 g/mol. The predicted octanol–water partition coefficient (Wildman–Crippen LogP) is 3.01. The zero-order chi connectivity index (χ0) is 14.8. The van der Waals surface area contributed by atoms with E-state index in [-0.39, 0.29) is 11.8 Å². The Balaban J connectivity index is 1.76. The Hall–Kier alpha value is -1.62. The lowest BCUT2D eigenvalue weighted by Gasteiger charge is -2.09. The Morgan fingerprint density at radius 3 is 2.90 bits per heavy atom. The molecule has 4 nitrogen and oxygen atoms in total. The van der Waals surface area contributed by atoms with Gasteiger partial charge < -0.3 is 9.88 Å². The molecule has 1 aromatic heterocycles. The van der Waals surface area contributed by atoms with E-state index in [1.165, 1.54) is 0 Å². The molecule has 1 amide bonds. The average molecular weight is 348 g/mol. The van der Waals surface area contributed by atoms with E-state index in [0.29, 0.717) is 13.1 Å². The molecule has 1 aliphatic rings. The predicted molar refractivity (Wildman–Crippen MR) is 87.2 cm³/mol. The topological polar surface area (TPSA) is 46.9 Å². The summed E-state index contributed by atoms with van der Waals surface area (Å²) in [5.74, 6) is 1.42. The summed E-state index contributed by atoms with van der Waals surface area (Å²) in [5, 5.41) is 2.99. The Morgan fingerprint density at radius 2 is 2.19 bits per heavy atom. The van der Waals surface area contributed by atoms with Gasteiger partial charge in [-0.1, -0.05) is 34.6 Å². The maximum atomic E-state index is 11.7. The molecule has 0 atom stereocenters. The number of aromatic nitrogens is 2. The Bertz CT molecular complexity index is 688. The van der Waals surface area contributed by atoms with Crippen molar-refractivity contribution < 1.29 is 4.79 Å². The minimum atomic E-state index is 0.183. The average Bonchev–Trinajstić information content (AvgIpc) is 3.24. The highest BCUT2D eigenvalue weighted by molar-refractivity contribution is 9.11. The van der Waals surface area contributed by atoms with E-state index in [4.69, 9.17) is 0 Å². The summed E-state index contributed by atoms with van der Waals surface area (Å²) in [5.41, 5.74) is 2.08. The van der Waals surface area contributed by atoms with Crippen molar-refractivity contribution in [3.05, 3.63) is 41.2 Å². The fourth-order valence-corrected chi connectivity index (χ4v) is 2.70. The number of amides is 1. The SMILES string of the molecule is C=C(Br)Cn1c(CCNC(=O)C2CC2)nc2ccccc21. The molecule has 5 heteroatoms. The molecule has 110 valence electrons. The van der Waals surface area contributed by atoms with Crippen molar-refractivity contribution in [2.45, 2.75) is 25.8 Å². The summed E-state index contributed by atoms with van der Waals surface area (Å²) in [7, 11) is 0. The van der Waals surface area contributed by atoms with Crippen LogP contribution >= 0.6 is 15.9 Å². The van der Waals surface area contributed by atoms with Crippen LogP contribution in [0.2, 0.25) is 0 Å². The smallest absolute Gasteiger partial charge is 0.223 e. The number of allylic oxidation sites excluding steroid dienone is 1. The second kappa shape index (κ2) is 6.02. The van der Waals surface area contributed by atoms with E-state index in [0.717, 1.165) is 40.6 Å². The molecule has 1 N–H and O–H groups in total. The van der Waals surface area contributed by atoms with Crippen molar-refractivity contribution in [2.75, 3.05) is 6.54 Å². The van der Waals surface area contributed by atoms with Gasteiger partial charge in [0.15, 0.2) is 0 Å². The summed E-state index contributed by atoms with van der Waals surface area (Å²) < 4.78 is 3.06. The number of hydrogen-bond donors (Lipinski definition) is 1. The van der Waals surface area contributed by atoms with Gasteiger partial charge in [0.2, 0.25) is 5.91 Å². The fourth-order valence-electron chi connectivity index (χ4n) is 2.45. The Morgan fingerprint density at radius 1 is 1.43 bits per heavy atom. The molecule has 0 saturated heterocycles. The molecule has 0 spiro atoms. The normalized spacial score (nSPS) is 14.3. The molecule has 0 aliphatic heterocycles. The summed E-state index contributed by atoms with van der Waals surface area (Å²) in [6.07, 6.45) is 2.80. The van der Waals surface area contributed by atoms with Crippen molar-refractivity contribution in [3.63, 3.8) is 0 Å². The lowest BCUT2D eigenvalue weighted by Crippen LogP contribution is -2.27. The van der Waals surface area contributed by atoms with Crippen molar-refractivity contribution in [1.82, 2.24) is 14.9 Å². The first kappa shape index (κ1) is 14.3. The van der Waals surface area contributed by atoms with Crippen LogP contribution in [0.5, 0.6) is 0 Å². The van der Waals surface area contributed by atoms with Crippen molar-refractivity contribution in [3.8, 4) is 0 Å². The molecular formula is C16H18BrN3O. The number of carbonyl (C=O) groups is 1. The number of nitrogens with zero attached hydrogens (tertiary/aromatic N) is 2. The maximum absolute atomic E-state index is 11.7. The fraction of sp³-hybridized carbons (Fsp3) is 0.375. The molecule has 1 heterocycles. The molecule has 2 aromatic rings. The molecule has 1 aromatic carbocycles. The van der Waals surface area contributed by atoms with E-state index in [1.54, 1.807) is 0 Å². The van der Waals surface area contributed by atoms with Gasteiger partial charge in [-0.2, -0.15) is 0 Å². The summed E-state index contributed by atoms with van der Waals surface area (Å²) in [4.78, 5) is 16.3. The van der Waals surface area contributed by atoms with Crippen LogP contribution in [0.1, 0.15) is 18.7 Å². The van der Waals surface area contributed by atoms with Crippen LogP contribution < -0.4 is 5.32 Å². The van der Waals surface area contributed by atoms with Gasteiger partial charge in [0.1, 0.15) is 5.82 Å². The molecule has 0 unspecified atom stereocenters. The highest BCUT2D eigenvalue weighted by Gasteiger charge is 2.29. The second-order valence-electron chi connectivity index (χ2n) is 5.44. The Kier molecular flexibility index (Phi) is 4.10. The van der Waals surface area contributed by atoms with E-state index < -0.39 is 0 Å². The van der Waals surface area contributed by atoms with Gasteiger partial charge in [-0.25, -0.2) is 4.98 Å². The van der Waals surface area contributed by atoms with E-state index in [9.17, 15) is 4.79 Å². The van der Waals surface area contributed by atoms with Crippen molar-refractivity contribution in [1.29, 1.82) is 0 Å². The minimum absolute atomic E-state index is 0.183. The largest absolute Gasteiger partial charge is 0.355 e. The standard InChI is InChI=1S/C16H18BrN3O/c1-11(17)10-20-14-5-3-2-4-13(14)19-15(20)8-9-18-16(21)12-6-7-12/h2-5,12H,1,6-10H2,(H,18,21). The number of carbonyl (C=O) groups excluding carboxylic acids is 1. The van der Waals surface area contributed by atoms with Gasteiger partial charge in [0.05, 0.1) is 17.6 Å². The van der Waals surface area contributed by atoms with E-state index in [1.807, 2.05) is 18.2 Å². The van der Waals surface area contributed by atoms with Crippen LogP contribution in [0.25, 0.3) is 11.0 Å². The molecule has 1 saturated carbocycles. The van der Waals surface area contributed by atoms with Crippen LogP contribution in [0.3, 0.4) is 0 Å². The third-order valence-electron chi connectivity index (χ3n) is 3.66. The van der Waals surface area contributed by atoms with Crippen LogP contribution in [0, 0.1) is 5.92 Å². The first-order valence-electron chi connectivity index (χ1n) is 7.20. The zero-order valence-corrected chi connectivity index (χ0v) is 13.4. The summed E-state index contributed by atoms with van der Waals surface area (Å²) in [6, 6.07) is 8.07. The molecular weight excluding hydrogens is 330 g/mol. The van der Waals surface area contributed by atoms with E-state index in [2.05, 4.69) is 43.4 Å². The number of imidazole rings is 1. The number of para-hydroxylation sites is 2. The molecule has 1 aliphatic carbocycles. The van der Waals surface area contributed by atoms with Gasteiger partial charge in [-0.05, 0) is 25.0 Å². The van der Waals surface area contributed by atoms with Gasteiger partial charge in [-0.15, -0.1) is 0 Å². The molecule has 0 bridgehead atoms. The van der Waals surface area contributed by atoms with E-state index >= 15 is 0 Å². The maximum Gasteiger partial charge on any atom is 0.223 e. The van der Waals surface area contributed by atoms with Crippen molar-refractivity contribution >= 4 is 32.9 Å². The highest BCUT2D eigenvalue weighted by Crippen LogP contribution is 2.28. The highest BCUT2D eigenvalue weighted by atomic mass is 79.9. The first-order valence-corrected chi connectivity index (χ1v) is 7.99. The van der Waals surface area contributed by atoms with Gasteiger partial charge in [-0.3, -0.25) is 4.79 Å². The van der Waals surface area contributed by atoms with Gasteiger partial charge in [0.25, 0.3) is 0 Å². The Labute approximate surface area is 132 Å². The number of rotatable bonds is 6. The third-order valence-corrected chi connectivity index (χ3v) is 3.91. The number of fused-ring (bicyclic) bond motifs is 1. The number of halogens is 1. The quantitative estimate of drug-likeness (QED) is 0.872. The van der Waals surface area contributed by atoms with Crippen LogP contribution in [0.4, 0.5) is 0 Å². The van der Waals surface area contributed by atoms with Crippen LogP contribution in [-0.2, 0) is 17.8 Å². The minimum Gasteiger partial charge on any atom is -0.355 e.